The number of rotatable bonds is 14. The van der Waals surface area contributed by atoms with Gasteiger partial charge in [0.2, 0.25) is 11.8 Å². The van der Waals surface area contributed by atoms with Crippen molar-refractivity contribution in [2.24, 2.45) is 17.8 Å². The molecule has 10 heteroatoms. The van der Waals surface area contributed by atoms with Crippen LogP contribution in [0, 0.1) is 17.8 Å². The fraction of sp³-hybridized carbons (Fsp3) is 0.500. The molecule has 2 fully saturated rings. The van der Waals surface area contributed by atoms with Gasteiger partial charge in [-0.05, 0) is 85.7 Å². The summed E-state index contributed by atoms with van der Waals surface area (Å²) in [6.07, 6.45) is 7.10. The third-order valence-corrected chi connectivity index (χ3v) is 9.20. The molecule has 4 atom stereocenters. The molecule has 2 amide bonds. The second kappa shape index (κ2) is 14.5. The van der Waals surface area contributed by atoms with Crippen molar-refractivity contribution in [3.05, 3.63) is 70.7 Å². The Morgan fingerprint density at radius 1 is 1.05 bits per heavy atom. The van der Waals surface area contributed by atoms with E-state index >= 15 is 0 Å². The van der Waals surface area contributed by atoms with E-state index < -0.39 is 31.0 Å². The van der Waals surface area contributed by atoms with E-state index in [9.17, 15) is 24.5 Å². The molecule has 9 nitrogen and oxygen atoms in total. The van der Waals surface area contributed by atoms with E-state index in [2.05, 4.69) is 6.92 Å². The highest BCUT2D eigenvalue weighted by Gasteiger charge is 2.56. The summed E-state index contributed by atoms with van der Waals surface area (Å²) in [4.78, 5) is 39.5. The van der Waals surface area contributed by atoms with Crippen molar-refractivity contribution in [2.45, 2.75) is 83.7 Å². The van der Waals surface area contributed by atoms with Crippen LogP contribution in [0.4, 0.5) is 0 Å². The van der Waals surface area contributed by atoms with Crippen LogP contribution < -0.4 is 0 Å². The summed E-state index contributed by atoms with van der Waals surface area (Å²) in [6.45, 7) is 2.23. The number of imide groups is 1. The third kappa shape index (κ3) is 7.09. The van der Waals surface area contributed by atoms with Crippen LogP contribution in [0.25, 0.3) is 11.6 Å². The largest absolute Gasteiger partial charge is 0.481 e. The number of likely N-dealkylation sites (tertiary alicyclic amines) is 1. The van der Waals surface area contributed by atoms with Gasteiger partial charge in [0, 0.05) is 13.0 Å². The highest BCUT2D eigenvalue weighted by atomic mass is 16.5. The zero-order chi connectivity index (χ0) is 31.2. The van der Waals surface area contributed by atoms with Crippen LogP contribution in [-0.2, 0) is 25.6 Å². The Bertz CT molecular complexity index is 1400. The number of nitrogens with zero attached hydrogens (tertiary/aromatic N) is 1. The van der Waals surface area contributed by atoms with Gasteiger partial charge in [-0.15, -0.1) is 0 Å². The number of furan rings is 1. The monoisotopic (exact) mass is 603 g/mol. The lowest BCUT2D eigenvalue weighted by Crippen LogP contribution is -2.46. The van der Waals surface area contributed by atoms with Gasteiger partial charge in [-0.1, -0.05) is 55.7 Å². The van der Waals surface area contributed by atoms with E-state index in [1.807, 2.05) is 42.5 Å². The molecular weight excluding hydrogens is 561 g/mol. The minimum Gasteiger partial charge on any atom is -0.481 e. The normalized spacial score (nSPS) is 23.8. The van der Waals surface area contributed by atoms with E-state index in [0.717, 1.165) is 29.6 Å². The average molecular weight is 604 g/mol. The molecule has 0 bridgehead atoms. The Kier molecular flexibility index (Phi) is 10.6. The van der Waals surface area contributed by atoms with Gasteiger partial charge < -0.3 is 24.3 Å². The number of allylic oxidation sites excluding steroid dienone is 2. The van der Waals surface area contributed by atoms with Crippen LogP contribution in [0.2, 0.25) is 6.32 Å². The van der Waals surface area contributed by atoms with Gasteiger partial charge in [0.15, 0.2) is 0 Å². The summed E-state index contributed by atoms with van der Waals surface area (Å²) in [5, 5.41) is 29.3. The second-order valence-corrected chi connectivity index (χ2v) is 12.1. The lowest BCUT2D eigenvalue weighted by molar-refractivity contribution is -0.141. The number of hydrogen-bond donors (Lipinski definition) is 3. The summed E-state index contributed by atoms with van der Waals surface area (Å²) in [7, 11) is -1.04. The van der Waals surface area contributed by atoms with E-state index in [0.29, 0.717) is 56.6 Å². The molecule has 3 aliphatic rings. The number of hydrogen-bond acceptors (Lipinski definition) is 7. The van der Waals surface area contributed by atoms with Crippen LogP contribution in [0.3, 0.4) is 0 Å². The van der Waals surface area contributed by atoms with Crippen molar-refractivity contribution >= 4 is 36.6 Å². The van der Waals surface area contributed by atoms with Crippen LogP contribution in [0.15, 0.2) is 58.0 Å². The minimum atomic E-state index is -1.04. The van der Waals surface area contributed by atoms with Crippen LogP contribution in [0.1, 0.15) is 81.8 Å². The van der Waals surface area contributed by atoms with Crippen molar-refractivity contribution in [3.8, 4) is 0 Å². The molecule has 3 N–H and O–H groups in total. The predicted octanol–water partition coefficient (Wildman–Crippen LogP) is 5.33. The third-order valence-electron chi connectivity index (χ3n) is 9.20. The summed E-state index contributed by atoms with van der Waals surface area (Å²) in [6, 6.07) is 13.6. The second-order valence-electron chi connectivity index (χ2n) is 12.1. The molecule has 0 saturated carbocycles. The number of aliphatic carboxylic acids is 1. The van der Waals surface area contributed by atoms with E-state index in [1.165, 1.54) is 10.5 Å². The number of carbonyl (C=O) groups excluding carboxylic acids is 2. The smallest absolute Gasteiger partial charge is 0.455 e. The van der Waals surface area contributed by atoms with Crippen LogP contribution >= 0.6 is 0 Å². The summed E-state index contributed by atoms with van der Waals surface area (Å²) in [5.74, 6) is -1.24. The molecule has 234 valence electrons. The SMILES string of the molecule is CCCC1=C2[C@@H](CC/C(=C/c3ccc(CO)o3)c3ccccc3)OB(O)C[C@@H]2[C@@H]2C(=O)N(CCCCCC(=O)O)C(=O)[C@@H]2C1. The first-order chi connectivity index (χ1) is 21.3. The predicted molar refractivity (Wildman–Crippen MR) is 166 cm³/mol. The maximum atomic E-state index is 13.8. The van der Waals surface area contributed by atoms with Gasteiger partial charge in [0.1, 0.15) is 18.1 Å². The number of benzene rings is 1. The van der Waals surface area contributed by atoms with Crippen LogP contribution in [-0.4, -0.2) is 57.7 Å². The molecule has 5 rings (SSSR count). The van der Waals surface area contributed by atoms with Crippen molar-refractivity contribution in [3.63, 3.8) is 0 Å². The van der Waals surface area contributed by atoms with Gasteiger partial charge in [-0.2, -0.15) is 0 Å². The first-order valence-corrected chi connectivity index (χ1v) is 15.9. The fourth-order valence-corrected chi connectivity index (χ4v) is 7.28. The van der Waals surface area contributed by atoms with Gasteiger partial charge in [-0.3, -0.25) is 19.3 Å². The molecule has 3 heterocycles. The molecule has 2 saturated heterocycles. The molecular formula is C34H42BNO8. The zero-order valence-corrected chi connectivity index (χ0v) is 25.3. The van der Waals surface area contributed by atoms with Crippen molar-refractivity contribution in [1.82, 2.24) is 4.90 Å². The Morgan fingerprint density at radius 2 is 1.84 bits per heavy atom. The average Bonchev–Trinajstić information content (AvgIpc) is 3.56. The minimum absolute atomic E-state index is 0.0779. The Hall–Kier alpha value is -3.47. The molecule has 2 aromatic rings. The molecule has 0 spiro atoms. The standard InChI is InChI=1S/C34H42BNO8/c1-2-9-24-19-27-32(34(41)36(33(27)40)17-8-4-7-12-30(38)39)28-20-35(42)44-29(31(24)28)16-13-23(22-10-5-3-6-11-22)18-25-14-15-26(21-37)43-25/h3,5-6,10-11,14-15,18,27-29,32,37,42H,2,4,7-9,12-13,16-17,19-21H2,1H3,(H,38,39)/b23-18-/t27-,28+,29-,32-/m1/s1. The topological polar surface area (TPSA) is 138 Å². The number of carboxylic acids is 1. The van der Waals surface area contributed by atoms with Crippen molar-refractivity contribution in [2.75, 3.05) is 6.54 Å². The molecule has 1 aliphatic carbocycles. The maximum Gasteiger partial charge on any atom is 0.455 e. The highest BCUT2D eigenvalue weighted by Crippen LogP contribution is 2.51. The molecule has 0 radical (unpaired) electrons. The number of unbranched alkanes of at least 4 members (excludes halogenated alkanes) is 2. The maximum absolute atomic E-state index is 13.8. The summed E-state index contributed by atoms with van der Waals surface area (Å²) < 4.78 is 11.9. The van der Waals surface area contributed by atoms with E-state index in [1.54, 1.807) is 6.07 Å². The van der Waals surface area contributed by atoms with E-state index in [4.69, 9.17) is 14.2 Å². The molecule has 44 heavy (non-hydrogen) atoms. The van der Waals surface area contributed by atoms with Gasteiger partial charge in [-0.25, -0.2) is 0 Å². The molecule has 1 aromatic heterocycles. The van der Waals surface area contributed by atoms with Gasteiger partial charge in [0.05, 0.1) is 17.9 Å². The summed E-state index contributed by atoms with van der Waals surface area (Å²) in [5.41, 5.74) is 4.31. The van der Waals surface area contributed by atoms with Gasteiger partial charge in [0.25, 0.3) is 0 Å². The first kappa shape index (κ1) is 31.9. The van der Waals surface area contributed by atoms with Crippen LogP contribution in [0.5, 0.6) is 0 Å². The number of fused-ring (bicyclic) bond motifs is 3. The number of carbonyl (C=O) groups is 3. The zero-order valence-electron chi connectivity index (χ0n) is 25.3. The summed E-state index contributed by atoms with van der Waals surface area (Å²) >= 11 is 0. The van der Waals surface area contributed by atoms with E-state index in [-0.39, 0.29) is 37.1 Å². The Labute approximate surface area is 258 Å². The Morgan fingerprint density at radius 3 is 2.55 bits per heavy atom. The molecule has 2 aliphatic heterocycles. The quantitative estimate of drug-likeness (QED) is 0.114. The first-order valence-electron chi connectivity index (χ1n) is 15.9. The van der Waals surface area contributed by atoms with Gasteiger partial charge >= 0.3 is 13.1 Å². The van der Waals surface area contributed by atoms with Crippen molar-refractivity contribution in [1.29, 1.82) is 0 Å². The Balaban J connectivity index is 1.38. The fourth-order valence-electron chi connectivity index (χ4n) is 7.28. The number of carboxylic acid groups (broad SMARTS) is 1. The highest BCUT2D eigenvalue weighted by molar-refractivity contribution is 6.43. The molecule has 1 aromatic carbocycles. The number of aliphatic hydroxyl groups excluding tert-OH is 1. The lowest BCUT2D eigenvalue weighted by Gasteiger charge is -2.43. The lowest BCUT2D eigenvalue weighted by atomic mass is 9.58. The molecule has 0 unspecified atom stereocenters. The number of aliphatic hydroxyl groups is 1. The number of amides is 2. The van der Waals surface area contributed by atoms with Crippen molar-refractivity contribution < 1.29 is 38.7 Å².